The number of thioether (sulfide) groups is 1. The number of Topliss-reactive ketones (excluding diaryl/α,β-unsaturated/α-hetero) is 1. The second kappa shape index (κ2) is 9.05. The summed E-state index contributed by atoms with van der Waals surface area (Å²) in [6, 6.07) is 12.5. The average Bonchev–Trinajstić information content (AvgIpc) is 2.67. The highest BCUT2D eigenvalue weighted by Gasteiger charge is 2.24. The summed E-state index contributed by atoms with van der Waals surface area (Å²) in [6.45, 7) is 3.40. The molecule has 2 rings (SSSR count). The van der Waals surface area contributed by atoms with Crippen LogP contribution in [0.15, 0.2) is 53.4 Å². The zero-order chi connectivity index (χ0) is 20.0. The van der Waals surface area contributed by atoms with Gasteiger partial charge in [-0.25, -0.2) is 8.42 Å². The van der Waals surface area contributed by atoms with Crippen molar-refractivity contribution in [2.24, 2.45) is 0 Å². The number of nitrogens with zero attached hydrogens (tertiary/aromatic N) is 1. The van der Waals surface area contributed by atoms with Crippen molar-refractivity contribution < 1.29 is 22.7 Å². The smallest absolute Gasteiger partial charge is 0.264 e. The summed E-state index contributed by atoms with van der Waals surface area (Å²) >= 11 is 0.928. The molecule has 2 aromatic carbocycles. The highest BCUT2D eigenvalue weighted by molar-refractivity contribution is 8.14. The van der Waals surface area contributed by atoms with Gasteiger partial charge in [-0.3, -0.25) is 13.9 Å². The van der Waals surface area contributed by atoms with E-state index in [1.807, 2.05) is 0 Å². The molecule has 6 nitrogen and oxygen atoms in total. The predicted molar refractivity (Wildman–Crippen MR) is 107 cm³/mol. The molecule has 8 heteroatoms. The second-order valence-electron chi connectivity index (χ2n) is 5.60. The number of carbonyl (C=O) groups excluding carboxylic acids is 2. The molecular formula is C19H21NO5S2. The van der Waals surface area contributed by atoms with Gasteiger partial charge in [0.2, 0.25) is 0 Å². The van der Waals surface area contributed by atoms with Crippen LogP contribution in [0, 0.1) is 0 Å². The molecule has 0 N–H and O–H groups in total. The zero-order valence-corrected chi connectivity index (χ0v) is 17.0. The number of benzene rings is 2. The molecule has 0 fully saturated rings. The van der Waals surface area contributed by atoms with Crippen LogP contribution in [0.3, 0.4) is 0 Å². The molecule has 27 heavy (non-hydrogen) atoms. The largest absolute Gasteiger partial charge is 0.497 e. The van der Waals surface area contributed by atoms with Crippen molar-refractivity contribution in [2.45, 2.75) is 18.7 Å². The van der Waals surface area contributed by atoms with E-state index in [1.165, 1.54) is 35.5 Å². The van der Waals surface area contributed by atoms with E-state index < -0.39 is 10.0 Å². The highest BCUT2D eigenvalue weighted by Crippen LogP contribution is 2.26. The van der Waals surface area contributed by atoms with Gasteiger partial charge in [-0.1, -0.05) is 23.9 Å². The first-order valence-corrected chi connectivity index (χ1v) is 10.7. The summed E-state index contributed by atoms with van der Waals surface area (Å²) < 4.78 is 32.3. The average molecular weight is 408 g/mol. The molecule has 0 amide bonds. The maximum absolute atomic E-state index is 13.0. The monoisotopic (exact) mass is 407 g/mol. The maximum Gasteiger partial charge on any atom is 0.264 e. The first kappa shape index (κ1) is 21.0. The second-order valence-corrected chi connectivity index (χ2v) is 8.61. The minimum absolute atomic E-state index is 0.0361. The van der Waals surface area contributed by atoms with E-state index >= 15 is 0 Å². The van der Waals surface area contributed by atoms with Crippen LogP contribution in [-0.4, -0.2) is 38.7 Å². The summed E-state index contributed by atoms with van der Waals surface area (Å²) in [5.41, 5.74) is 0.895. The topological polar surface area (TPSA) is 80.8 Å². The number of methoxy groups -OCH3 is 1. The van der Waals surface area contributed by atoms with Gasteiger partial charge in [0.15, 0.2) is 10.9 Å². The fourth-order valence-corrected chi connectivity index (χ4v) is 4.41. The van der Waals surface area contributed by atoms with Crippen molar-refractivity contribution in [3.63, 3.8) is 0 Å². The van der Waals surface area contributed by atoms with Crippen LogP contribution in [0.1, 0.15) is 24.2 Å². The van der Waals surface area contributed by atoms with E-state index in [4.69, 9.17) is 4.74 Å². The highest BCUT2D eigenvalue weighted by atomic mass is 32.2. The van der Waals surface area contributed by atoms with Crippen LogP contribution in [0.2, 0.25) is 0 Å². The fourth-order valence-electron chi connectivity index (χ4n) is 2.43. The van der Waals surface area contributed by atoms with Crippen molar-refractivity contribution in [3.05, 3.63) is 54.1 Å². The van der Waals surface area contributed by atoms with Gasteiger partial charge < -0.3 is 4.74 Å². The Morgan fingerprint density at radius 1 is 1.04 bits per heavy atom. The molecule has 0 spiro atoms. The molecule has 0 unspecified atom stereocenters. The Kier molecular flexibility index (Phi) is 7.04. The third kappa shape index (κ3) is 5.11. The number of rotatable bonds is 8. The minimum Gasteiger partial charge on any atom is -0.497 e. The molecule has 0 aliphatic carbocycles. The number of ketones is 1. The van der Waals surface area contributed by atoms with E-state index in [0.29, 0.717) is 17.0 Å². The summed E-state index contributed by atoms with van der Waals surface area (Å²) in [4.78, 5) is 23.1. The molecule has 0 radical (unpaired) electrons. The van der Waals surface area contributed by atoms with Crippen molar-refractivity contribution in [3.8, 4) is 5.75 Å². The van der Waals surface area contributed by atoms with Gasteiger partial charge >= 0.3 is 0 Å². The van der Waals surface area contributed by atoms with Crippen molar-refractivity contribution >= 4 is 38.4 Å². The quantitative estimate of drug-likeness (QED) is 0.624. The third-order valence-corrected chi connectivity index (χ3v) is 6.55. The Bertz CT molecular complexity index is 906. The molecule has 0 aliphatic rings. The molecule has 0 aromatic heterocycles. The summed E-state index contributed by atoms with van der Waals surface area (Å²) in [5.74, 6) is 0.453. The van der Waals surface area contributed by atoms with Gasteiger partial charge in [0.05, 0.1) is 23.4 Å². The van der Waals surface area contributed by atoms with Crippen LogP contribution >= 0.6 is 11.8 Å². The van der Waals surface area contributed by atoms with E-state index in [2.05, 4.69) is 0 Å². The molecule has 0 bridgehead atoms. The van der Waals surface area contributed by atoms with Crippen molar-refractivity contribution in [2.75, 3.05) is 23.7 Å². The molecule has 0 saturated heterocycles. The number of hydrogen-bond donors (Lipinski definition) is 0. The van der Waals surface area contributed by atoms with E-state index in [1.54, 1.807) is 38.3 Å². The molecule has 0 aliphatic heterocycles. The van der Waals surface area contributed by atoms with Crippen molar-refractivity contribution in [1.82, 2.24) is 0 Å². The number of anilines is 1. The lowest BCUT2D eigenvalue weighted by Gasteiger charge is -2.23. The lowest BCUT2D eigenvalue weighted by Crippen LogP contribution is -2.30. The predicted octanol–water partition coefficient (Wildman–Crippen LogP) is 3.37. The molecule has 2 aromatic rings. The number of ether oxygens (including phenoxy) is 1. The lowest BCUT2D eigenvalue weighted by atomic mass is 10.1. The maximum atomic E-state index is 13.0. The Morgan fingerprint density at radius 2 is 1.63 bits per heavy atom. The van der Waals surface area contributed by atoms with Gasteiger partial charge in [0.1, 0.15) is 5.75 Å². The van der Waals surface area contributed by atoms with Gasteiger partial charge in [0.25, 0.3) is 10.0 Å². The SMILES string of the molecule is CCN(c1ccc(OC)cc1)S(=O)(=O)c1ccc(C(=O)CSC(C)=O)cc1. The van der Waals surface area contributed by atoms with Crippen LogP contribution in [0.25, 0.3) is 0 Å². The Balaban J connectivity index is 2.25. The molecule has 0 saturated carbocycles. The molecule has 0 atom stereocenters. The van der Waals surface area contributed by atoms with E-state index in [0.717, 1.165) is 11.8 Å². The summed E-state index contributed by atoms with van der Waals surface area (Å²) in [5, 5.41) is -0.138. The number of carbonyl (C=O) groups is 2. The summed E-state index contributed by atoms with van der Waals surface area (Å²) in [7, 11) is -2.23. The number of sulfonamides is 1. The molecule has 144 valence electrons. The zero-order valence-electron chi connectivity index (χ0n) is 15.3. The Morgan fingerprint density at radius 3 is 2.11 bits per heavy atom. The van der Waals surface area contributed by atoms with Crippen LogP contribution < -0.4 is 9.04 Å². The van der Waals surface area contributed by atoms with Gasteiger partial charge in [0, 0.05) is 19.0 Å². The minimum atomic E-state index is -3.77. The van der Waals surface area contributed by atoms with Gasteiger partial charge in [-0.2, -0.15) is 0 Å². The normalized spacial score (nSPS) is 11.1. The summed E-state index contributed by atoms with van der Waals surface area (Å²) in [6.07, 6.45) is 0. The van der Waals surface area contributed by atoms with E-state index in [9.17, 15) is 18.0 Å². The number of hydrogen-bond acceptors (Lipinski definition) is 6. The van der Waals surface area contributed by atoms with Gasteiger partial charge in [-0.15, -0.1) is 0 Å². The fraction of sp³-hybridized carbons (Fsp3) is 0.263. The molecule has 0 heterocycles. The Labute approximate surface area is 163 Å². The van der Waals surface area contributed by atoms with E-state index in [-0.39, 0.29) is 28.1 Å². The van der Waals surface area contributed by atoms with Crippen LogP contribution in [-0.2, 0) is 14.8 Å². The standard InChI is InChI=1S/C19H21NO5S2/c1-4-20(16-7-9-17(25-3)10-8-16)27(23,24)18-11-5-15(6-12-18)19(22)13-26-14(2)21/h5-12H,4,13H2,1-3H3. The van der Waals surface area contributed by atoms with Crippen LogP contribution in [0.5, 0.6) is 5.75 Å². The third-order valence-electron chi connectivity index (χ3n) is 3.82. The van der Waals surface area contributed by atoms with Crippen LogP contribution in [0.4, 0.5) is 5.69 Å². The lowest BCUT2D eigenvalue weighted by molar-refractivity contribution is -0.109. The molecular weight excluding hydrogens is 386 g/mol. The Hall–Kier alpha value is -2.32. The van der Waals surface area contributed by atoms with Gasteiger partial charge in [-0.05, 0) is 43.3 Å². The first-order valence-electron chi connectivity index (χ1n) is 8.23. The first-order chi connectivity index (χ1) is 12.8. The van der Waals surface area contributed by atoms with Crippen molar-refractivity contribution in [1.29, 1.82) is 0 Å².